The van der Waals surface area contributed by atoms with E-state index in [2.05, 4.69) is 4.72 Å². The summed E-state index contributed by atoms with van der Waals surface area (Å²) in [6, 6.07) is 5.51. The molecule has 0 aromatic heterocycles. The second-order valence-electron chi connectivity index (χ2n) is 6.50. The quantitative estimate of drug-likeness (QED) is 0.712. The lowest BCUT2D eigenvalue weighted by molar-refractivity contribution is -0.131. The number of likely N-dealkylation sites (tertiary alicyclic amines) is 1. The van der Waals surface area contributed by atoms with Crippen LogP contribution >= 0.6 is 0 Å². The van der Waals surface area contributed by atoms with E-state index in [-0.39, 0.29) is 23.6 Å². The molecule has 0 spiro atoms. The molecule has 8 nitrogen and oxygen atoms in total. The molecule has 0 radical (unpaired) electrons. The summed E-state index contributed by atoms with van der Waals surface area (Å²) in [5.74, 6) is -1.70. The first-order valence-electron chi connectivity index (χ1n) is 8.54. The fraction of sp³-hybridized carbons (Fsp3) is 0.471. The van der Waals surface area contributed by atoms with Crippen LogP contribution in [0.1, 0.15) is 40.5 Å². The molecule has 1 aromatic rings. The molecule has 1 atom stereocenters. The van der Waals surface area contributed by atoms with Crippen LogP contribution in [0.5, 0.6) is 0 Å². The van der Waals surface area contributed by atoms with Crippen molar-refractivity contribution in [2.24, 2.45) is 0 Å². The summed E-state index contributed by atoms with van der Waals surface area (Å²) in [6.45, 7) is 2.52. The van der Waals surface area contributed by atoms with Crippen molar-refractivity contribution in [1.82, 2.24) is 14.5 Å². The van der Waals surface area contributed by atoms with Gasteiger partial charge in [0.2, 0.25) is 15.9 Å². The number of amides is 3. The average molecular weight is 379 g/mol. The Morgan fingerprint density at radius 3 is 2.19 bits per heavy atom. The molecule has 1 aromatic carbocycles. The third kappa shape index (κ3) is 3.63. The maximum absolute atomic E-state index is 12.3. The van der Waals surface area contributed by atoms with E-state index in [1.165, 1.54) is 6.92 Å². The summed E-state index contributed by atoms with van der Waals surface area (Å²) < 4.78 is 26.9. The molecule has 2 aliphatic rings. The number of fused-ring (bicyclic) bond motifs is 1. The SMILES string of the molecule is C[C@@H](NS(=O)(=O)CCN1C(=O)c2ccccc2C1=O)C(=O)N1CCCC1. The van der Waals surface area contributed by atoms with E-state index in [9.17, 15) is 22.8 Å². The maximum Gasteiger partial charge on any atom is 0.261 e. The van der Waals surface area contributed by atoms with Crippen molar-refractivity contribution in [2.45, 2.75) is 25.8 Å². The van der Waals surface area contributed by atoms with Gasteiger partial charge in [-0.2, -0.15) is 0 Å². The molecule has 26 heavy (non-hydrogen) atoms. The number of nitrogens with zero attached hydrogens (tertiary/aromatic N) is 2. The molecule has 0 saturated carbocycles. The zero-order valence-electron chi connectivity index (χ0n) is 14.5. The minimum atomic E-state index is -3.82. The number of sulfonamides is 1. The van der Waals surface area contributed by atoms with Gasteiger partial charge in [0.15, 0.2) is 0 Å². The Bertz CT molecular complexity index is 811. The van der Waals surface area contributed by atoms with Gasteiger partial charge < -0.3 is 4.90 Å². The van der Waals surface area contributed by atoms with Gasteiger partial charge in [0.05, 0.1) is 22.9 Å². The maximum atomic E-state index is 12.3. The molecule has 1 fully saturated rings. The molecule has 1 saturated heterocycles. The smallest absolute Gasteiger partial charge is 0.261 e. The van der Waals surface area contributed by atoms with Crippen molar-refractivity contribution in [1.29, 1.82) is 0 Å². The van der Waals surface area contributed by atoms with Crippen molar-refractivity contribution < 1.29 is 22.8 Å². The van der Waals surface area contributed by atoms with Crippen LogP contribution in [0.4, 0.5) is 0 Å². The van der Waals surface area contributed by atoms with Crippen LogP contribution < -0.4 is 4.72 Å². The monoisotopic (exact) mass is 379 g/mol. The summed E-state index contributed by atoms with van der Waals surface area (Å²) in [4.78, 5) is 39.3. The number of rotatable bonds is 6. The number of benzene rings is 1. The topological polar surface area (TPSA) is 104 Å². The summed E-state index contributed by atoms with van der Waals surface area (Å²) in [6.07, 6.45) is 1.84. The van der Waals surface area contributed by atoms with Crippen molar-refractivity contribution in [3.05, 3.63) is 35.4 Å². The number of imide groups is 1. The third-order valence-electron chi connectivity index (χ3n) is 4.61. The van der Waals surface area contributed by atoms with Crippen LogP contribution in [0.15, 0.2) is 24.3 Å². The Morgan fingerprint density at radius 1 is 1.12 bits per heavy atom. The van der Waals surface area contributed by atoms with E-state index in [4.69, 9.17) is 0 Å². The van der Waals surface area contributed by atoms with Crippen LogP contribution in [0, 0.1) is 0 Å². The molecule has 0 unspecified atom stereocenters. The number of carbonyl (C=O) groups is 3. The van der Waals surface area contributed by atoms with Gasteiger partial charge in [-0.05, 0) is 31.9 Å². The first-order valence-corrected chi connectivity index (χ1v) is 10.2. The van der Waals surface area contributed by atoms with Gasteiger partial charge in [-0.25, -0.2) is 13.1 Å². The predicted octanol–water partition coefficient (Wildman–Crippen LogP) is 0.213. The zero-order valence-corrected chi connectivity index (χ0v) is 15.3. The molecular weight excluding hydrogens is 358 g/mol. The lowest BCUT2D eigenvalue weighted by Crippen LogP contribution is -2.47. The number of hydrogen-bond acceptors (Lipinski definition) is 5. The lowest BCUT2D eigenvalue weighted by atomic mass is 10.1. The highest BCUT2D eigenvalue weighted by Crippen LogP contribution is 2.22. The molecule has 3 rings (SSSR count). The number of hydrogen-bond donors (Lipinski definition) is 1. The molecule has 0 bridgehead atoms. The van der Waals surface area contributed by atoms with E-state index < -0.39 is 33.6 Å². The standard InChI is InChI=1S/C17H21N3O5S/c1-12(15(21)19-8-4-5-9-19)18-26(24,25)11-10-20-16(22)13-6-2-3-7-14(13)17(20)23/h2-3,6-7,12,18H,4-5,8-11H2,1H3/t12-/m1/s1. The van der Waals surface area contributed by atoms with Crippen LogP contribution in [-0.2, 0) is 14.8 Å². The minimum absolute atomic E-state index is 0.258. The van der Waals surface area contributed by atoms with Gasteiger partial charge >= 0.3 is 0 Å². The van der Waals surface area contributed by atoms with E-state index in [0.29, 0.717) is 13.1 Å². The highest BCUT2D eigenvalue weighted by atomic mass is 32.2. The van der Waals surface area contributed by atoms with Gasteiger partial charge in [0, 0.05) is 19.6 Å². The van der Waals surface area contributed by atoms with Crippen molar-refractivity contribution in [3.8, 4) is 0 Å². The Morgan fingerprint density at radius 2 is 1.65 bits per heavy atom. The number of nitrogens with one attached hydrogen (secondary N) is 1. The normalized spacial score (nSPS) is 18.3. The highest BCUT2D eigenvalue weighted by molar-refractivity contribution is 7.89. The van der Waals surface area contributed by atoms with Crippen molar-refractivity contribution in [3.63, 3.8) is 0 Å². The molecule has 9 heteroatoms. The third-order valence-corrected chi connectivity index (χ3v) is 6.04. The molecular formula is C17H21N3O5S. The van der Waals surface area contributed by atoms with E-state index in [0.717, 1.165) is 17.7 Å². The molecule has 0 aliphatic carbocycles. The lowest BCUT2D eigenvalue weighted by Gasteiger charge is -2.21. The second-order valence-corrected chi connectivity index (χ2v) is 8.37. The fourth-order valence-corrected chi connectivity index (χ4v) is 4.42. The Hall–Kier alpha value is -2.26. The predicted molar refractivity (Wildman–Crippen MR) is 94.0 cm³/mol. The molecule has 2 aliphatic heterocycles. The van der Waals surface area contributed by atoms with Crippen molar-refractivity contribution in [2.75, 3.05) is 25.4 Å². The summed E-state index contributed by atoms with van der Waals surface area (Å²) in [5.41, 5.74) is 0.556. The molecule has 2 heterocycles. The first kappa shape index (κ1) is 18.5. The van der Waals surface area contributed by atoms with Gasteiger partial charge in [-0.3, -0.25) is 19.3 Å². The fourth-order valence-electron chi connectivity index (χ4n) is 3.24. The Kier molecular flexibility index (Phi) is 5.10. The number of carbonyl (C=O) groups excluding carboxylic acids is 3. The minimum Gasteiger partial charge on any atom is -0.341 e. The zero-order chi connectivity index (χ0) is 18.9. The first-order chi connectivity index (χ1) is 12.3. The largest absolute Gasteiger partial charge is 0.341 e. The van der Waals surface area contributed by atoms with Crippen molar-refractivity contribution >= 4 is 27.7 Å². The average Bonchev–Trinajstić information content (AvgIpc) is 3.21. The summed E-state index contributed by atoms with van der Waals surface area (Å²) in [5, 5.41) is 0. The molecule has 3 amide bonds. The van der Waals surface area contributed by atoms with Gasteiger partial charge in [-0.1, -0.05) is 12.1 Å². The summed E-state index contributed by atoms with van der Waals surface area (Å²) in [7, 11) is -3.82. The molecule has 1 N–H and O–H groups in total. The van der Waals surface area contributed by atoms with Crippen LogP contribution in [0.3, 0.4) is 0 Å². The second kappa shape index (κ2) is 7.16. The van der Waals surface area contributed by atoms with Gasteiger partial charge in [0.25, 0.3) is 11.8 Å². The van der Waals surface area contributed by atoms with Gasteiger partial charge in [-0.15, -0.1) is 0 Å². The van der Waals surface area contributed by atoms with Crippen LogP contribution in [0.25, 0.3) is 0 Å². The summed E-state index contributed by atoms with van der Waals surface area (Å²) >= 11 is 0. The molecule has 140 valence electrons. The Balaban J connectivity index is 1.59. The van der Waals surface area contributed by atoms with Crippen LogP contribution in [0.2, 0.25) is 0 Å². The van der Waals surface area contributed by atoms with E-state index >= 15 is 0 Å². The Labute approximate surface area is 152 Å². The van der Waals surface area contributed by atoms with Crippen LogP contribution in [-0.4, -0.2) is 67.4 Å². The highest BCUT2D eigenvalue weighted by Gasteiger charge is 2.36. The van der Waals surface area contributed by atoms with E-state index in [1.807, 2.05) is 0 Å². The van der Waals surface area contributed by atoms with Gasteiger partial charge in [0.1, 0.15) is 0 Å². The van der Waals surface area contributed by atoms with E-state index in [1.54, 1.807) is 29.2 Å².